The molecule has 2 aliphatic carbocycles. The second-order valence-electron chi connectivity index (χ2n) is 7.30. The molecule has 0 radical (unpaired) electrons. The summed E-state index contributed by atoms with van der Waals surface area (Å²) < 4.78 is 31.9. The second kappa shape index (κ2) is 7.50. The molecular formula is C20H21ClN2O5S. The van der Waals surface area contributed by atoms with Crippen LogP contribution in [0.3, 0.4) is 0 Å². The Kier molecular flexibility index (Phi) is 5.16. The number of anilines is 1. The minimum atomic E-state index is -4.24. The molecule has 0 spiro atoms. The number of urea groups is 1. The van der Waals surface area contributed by atoms with Gasteiger partial charge in [-0.15, -0.1) is 0 Å². The monoisotopic (exact) mass is 436 g/mol. The third-order valence-corrected chi connectivity index (χ3v) is 7.17. The van der Waals surface area contributed by atoms with E-state index in [4.69, 9.17) is 16.0 Å². The third-order valence-electron chi connectivity index (χ3n) is 5.52. The summed E-state index contributed by atoms with van der Waals surface area (Å²) in [5, 5.41) is 3.06. The quantitative estimate of drug-likeness (QED) is 0.689. The van der Waals surface area contributed by atoms with Crippen LogP contribution < -0.4 is 10.0 Å². The first-order valence-electron chi connectivity index (χ1n) is 9.62. The number of amides is 2. The maximum atomic E-state index is 12.5. The van der Waals surface area contributed by atoms with Gasteiger partial charge in [-0.05, 0) is 60.8 Å². The Hall–Kier alpha value is -2.32. The van der Waals surface area contributed by atoms with Gasteiger partial charge in [-0.2, -0.15) is 8.42 Å². The van der Waals surface area contributed by atoms with Gasteiger partial charge in [0.05, 0.1) is 5.56 Å². The fourth-order valence-corrected chi connectivity index (χ4v) is 5.43. The van der Waals surface area contributed by atoms with Crippen LogP contribution in [0.4, 0.5) is 10.5 Å². The van der Waals surface area contributed by atoms with Crippen LogP contribution in [0.1, 0.15) is 58.8 Å². The van der Waals surface area contributed by atoms with Crippen LogP contribution in [0.2, 0.25) is 5.02 Å². The van der Waals surface area contributed by atoms with E-state index in [-0.39, 0.29) is 17.8 Å². The van der Waals surface area contributed by atoms with E-state index in [1.807, 2.05) is 4.72 Å². The molecule has 0 saturated heterocycles. The highest BCUT2D eigenvalue weighted by molar-refractivity contribution is 7.89. The van der Waals surface area contributed by atoms with E-state index in [0.717, 1.165) is 78.1 Å². The van der Waals surface area contributed by atoms with Crippen molar-refractivity contribution in [1.29, 1.82) is 0 Å². The molecule has 2 N–H and O–H groups in total. The van der Waals surface area contributed by atoms with Crippen LogP contribution >= 0.6 is 11.6 Å². The summed E-state index contributed by atoms with van der Waals surface area (Å²) in [6.45, 7) is 1.66. The van der Waals surface area contributed by atoms with Crippen molar-refractivity contribution in [3.63, 3.8) is 0 Å². The molecule has 9 heteroatoms. The number of hydrogen-bond acceptors (Lipinski definition) is 5. The normalized spacial score (nSPS) is 15.1. The Morgan fingerprint density at radius 2 is 1.66 bits per heavy atom. The number of hydrogen-bond donors (Lipinski definition) is 2. The average Bonchev–Trinajstić information content (AvgIpc) is 3.43. The molecular weight excluding hydrogens is 416 g/mol. The molecule has 2 amide bonds. The van der Waals surface area contributed by atoms with Gasteiger partial charge in [0.25, 0.3) is 10.0 Å². The number of rotatable bonds is 5. The smallest absolute Gasteiger partial charge is 0.333 e. The van der Waals surface area contributed by atoms with Crippen molar-refractivity contribution in [3.05, 3.63) is 45.2 Å². The first kappa shape index (κ1) is 20.0. The summed E-state index contributed by atoms with van der Waals surface area (Å²) >= 11 is 6.57. The number of Topliss-reactive ketones (excluding diaryl/α,β-unsaturated/α-hetero) is 1. The Morgan fingerprint density at radius 3 is 2.24 bits per heavy atom. The number of nitrogens with one attached hydrogen (secondary N) is 2. The number of carbonyl (C=O) groups is 2. The van der Waals surface area contributed by atoms with Crippen LogP contribution in [0.25, 0.3) is 0 Å². The lowest BCUT2D eigenvalue weighted by Crippen LogP contribution is -2.34. The van der Waals surface area contributed by atoms with Gasteiger partial charge in [0.15, 0.2) is 5.78 Å². The van der Waals surface area contributed by atoms with Gasteiger partial charge < -0.3 is 9.73 Å². The summed E-state index contributed by atoms with van der Waals surface area (Å²) in [6, 6.07) is 0.259. The molecule has 1 aromatic carbocycles. The maximum absolute atomic E-state index is 12.5. The SMILES string of the molecule is CCC(=O)c1coc(S(=O)(=O)NC(=O)Nc2c3c(c(Cl)c4c2CCC4)CCC3)c1. The maximum Gasteiger partial charge on any atom is 0.333 e. The highest BCUT2D eigenvalue weighted by Crippen LogP contribution is 2.44. The number of sulfonamides is 1. The third kappa shape index (κ3) is 3.55. The number of furan rings is 1. The largest absolute Gasteiger partial charge is 0.450 e. The summed E-state index contributed by atoms with van der Waals surface area (Å²) in [7, 11) is -4.24. The fourth-order valence-electron chi connectivity index (χ4n) is 4.16. The molecule has 0 fully saturated rings. The first-order valence-corrected chi connectivity index (χ1v) is 11.5. The summed E-state index contributed by atoms with van der Waals surface area (Å²) in [5.41, 5.74) is 4.94. The molecule has 4 rings (SSSR count). The number of benzene rings is 1. The Bertz CT molecular complexity index is 1090. The molecule has 1 heterocycles. The van der Waals surface area contributed by atoms with Crippen LogP contribution in [0.15, 0.2) is 21.8 Å². The number of fused-ring (bicyclic) bond motifs is 2. The molecule has 0 atom stereocenters. The van der Waals surface area contributed by atoms with Gasteiger partial charge in [-0.1, -0.05) is 18.5 Å². The molecule has 0 saturated carbocycles. The molecule has 29 heavy (non-hydrogen) atoms. The predicted molar refractivity (Wildman–Crippen MR) is 108 cm³/mol. The van der Waals surface area contributed by atoms with E-state index in [1.165, 1.54) is 0 Å². The van der Waals surface area contributed by atoms with Gasteiger partial charge in [-0.3, -0.25) is 4.79 Å². The minimum Gasteiger partial charge on any atom is -0.450 e. The Labute approximate surface area is 173 Å². The zero-order valence-corrected chi connectivity index (χ0v) is 17.5. The van der Waals surface area contributed by atoms with Gasteiger partial charge in [0.2, 0.25) is 5.09 Å². The summed E-state index contributed by atoms with van der Waals surface area (Å²) in [6.07, 6.45) is 6.52. The van der Waals surface area contributed by atoms with Crippen molar-refractivity contribution in [2.24, 2.45) is 0 Å². The zero-order valence-electron chi connectivity index (χ0n) is 15.9. The summed E-state index contributed by atoms with van der Waals surface area (Å²) in [5.74, 6) is -0.244. The van der Waals surface area contributed by atoms with Crippen LogP contribution in [0, 0.1) is 0 Å². The minimum absolute atomic E-state index is 0.154. The fraction of sp³-hybridized carbons (Fsp3) is 0.400. The van der Waals surface area contributed by atoms with Crippen LogP contribution in [0.5, 0.6) is 0 Å². The molecule has 154 valence electrons. The van der Waals surface area contributed by atoms with Crippen LogP contribution in [-0.4, -0.2) is 20.2 Å². The lowest BCUT2D eigenvalue weighted by molar-refractivity contribution is 0.0987. The van der Waals surface area contributed by atoms with Crippen molar-refractivity contribution in [2.45, 2.75) is 57.0 Å². The van der Waals surface area contributed by atoms with Gasteiger partial charge >= 0.3 is 6.03 Å². The molecule has 7 nitrogen and oxygen atoms in total. The Balaban J connectivity index is 1.58. The number of halogens is 1. The highest BCUT2D eigenvalue weighted by atomic mass is 35.5. The molecule has 0 unspecified atom stereocenters. The molecule has 2 aliphatic rings. The van der Waals surface area contributed by atoms with Crippen molar-refractivity contribution < 1.29 is 22.4 Å². The molecule has 1 aromatic heterocycles. The average molecular weight is 437 g/mol. The predicted octanol–water partition coefficient (Wildman–Crippen LogP) is 4.01. The van der Waals surface area contributed by atoms with Crippen molar-refractivity contribution in [2.75, 3.05) is 5.32 Å². The van der Waals surface area contributed by atoms with Crippen molar-refractivity contribution >= 4 is 39.1 Å². The topological polar surface area (TPSA) is 105 Å². The second-order valence-corrected chi connectivity index (χ2v) is 9.29. The van der Waals surface area contributed by atoms with Gasteiger partial charge in [-0.25, -0.2) is 9.52 Å². The van der Waals surface area contributed by atoms with E-state index in [0.29, 0.717) is 5.69 Å². The lowest BCUT2D eigenvalue weighted by atomic mass is 9.98. The van der Waals surface area contributed by atoms with E-state index in [9.17, 15) is 18.0 Å². The zero-order chi connectivity index (χ0) is 20.8. The van der Waals surface area contributed by atoms with Gasteiger partial charge in [0.1, 0.15) is 6.26 Å². The molecule has 0 aliphatic heterocycles. The molecule has 0 bridgehead atoms. The van der Waals surface area contributed by atoms with E-state index in [2.05, 4.69) is 5.32 Å². The van der Waals surface area contributed by atoms with Gasteiger partial charge in [0, 0.05) is 23.2 Å². The first-order chi connectivity index (χ1) is 13.8. The Morgan fingerprint density at radius 1 is 1.07 bits per heavy atom. The van der Waals surface area contributed by atoms with Crippen LogP contribution in [-0.2, 0) is 35.7 Å². The number of carbonyl (C=O) groups excluding carboxylic acids is 2. The highest BCUT2D eigenvalue weighted by Gasteiger charge is 2.30. The lowest BCUT2D eigenvalue weighted by Gasteiger charge is -2.18. The van der Waals surface area contributed by atoms with E-state index in [1.54, 1.807) is 6.92 Å². The van der Waals surface area contributed by atoms with Crippen molar-refractivity contribution in [3.8, 4) is 0 Å². The summed E-state index contributed by atoms with van der Waals surface area (Å²) in [4.78, 5) is 24.2. The van der Waals surface area contributed by atoms with Crippen molar-refractivity contribution in [1.82, 2.24) is 4.72 Å². The molecule has 2 aromatic rings. The number of ketones is 1. The standard InChI is InChI=1S/C20H21ClN2O5S/c1-2-16(24)11-9-17(28-10-11)29(26,27)23-20(25)22-19-14-7-3-5-12(14)18(21)13-6-4-8-15(13)19/h9-10H,2-8H2,1H3,(H2,22,23,25). The van der Waals surface area contributed by atoms with E-state index >= 15 is 0 Å². The van der Waals surface area contributed by atoms with E-state index < -0.39 is 21.1 Å².